The summed E-state index contributed by atoms with van der Waals surface area (Å²) >= 11 is 6.06. The second-order valence-corrected chi connectivity index (χ2v) is 6.24. The second-order valence-electron chi connectivity index (χ2n) is 5.90. The van der Waals surface area contributed by atoms with Crippen LogP contribution in [0.15, 0.2) is 24.5 Å². The van der Waals surface area contributed by atoms with Crippen LogP contribution in [0.3, 0.4) is 0 Å². The Morgan fingerprint density at radius 3 is 2.92 bits per heavy atom. The molecule has 0 amide bonds. The predicted octanol–water partition coefficient (Wildman–Crippen LogP) is 3.27. The molecule has 0 saturated heterocycles. The third-order valence-corrected chi connectivity index (χ3v) is 4.37. The van der Waals surface area contributed by atoms with Crippen LogP contribution in [0.25, 0.3) is 11.2 Å². The number of halogens is 1. The first kappa shape index (κ1) is 18.3. The Balaban J connectivity index is 1.82. The van der Waals surface area contributed by atoms with Crippen LogP contribution in [0.2, 0.25) is 5.28 Å². The molecule has 0 aromatic carbocycles. The number of nitrogens with zero attached hydrogens (tertiary/aromatic N) is 4. The number of ether oxygens (including phenoxy) is 2. The van der Waals surface area contributed by atoms with Crippen molar-refractivity contribution < 1.29 is 14.3 Å². The first-order valence-electron chi connectivity index (χ1n) is 8.10. The molecule has 0 unspecified atom stereocenters. The fraction of sp³-hybridized carbons (Fsp3) is 0.333. The highest BCUT2D eigenvalue weighted by atomic mass is 35.5. The second kappa shape index (κ2) is 7.80. The van der Waals surface area contributed by atoms with Gasteiger partial charge in [0.05, 0.1) is 24.0 Å². The van der Waals surface area contributed by atoms with Crippen molar-refractivity contribution in [3.63, 3.8) is 0 Å². The maximum absolute atomic E-state index is 11.9. The van der Waals surface area contributed by atoms with E-state index in [-0.39, 0.29) is 12.2 Å². The van der Waals surface area contributed by atoms with Crippen molar-refractivity contribution in [3.8, 4) is 11.5 Å². The number of carbonyl (C=O) groups is 1. The summed E-state index contributed by atoms with van der Waals surface area (Å²) in [5, 5.41) is 0.369. The Morgan fingerprint density at radius 2 is 2.15 bits per heavy atom. The molecular weight excluding hydrogens is 356 g/mol. The molecule has 0 bridgehead atoms. The van der Waals surface area contributed by atoms with Gasteiger partial charge in [-0.25, -0.2) is 4.98 Å². The fourth-order valence-electron chi connectivity index (χ4n) is 2.65. The molecule has 0 aliphatic heterocycles. The van der Waals surface area contributed by atoms with Crippen LogP contribution < -0.4 is 4.74 Å². The molecule has 0 radical (unpaired) electrons. The first-order valence-corrected chi connectivity index (χ1v) is 8.48. The number of imidazole rings is 1. The predicted molar refractivity (Wildman–Crippen MR) is 97.8 cm³/mol. The van der Waals surface area contributed by atoms with Crippen LogP contribution in [0.5, 0.6) is 11.5 Å². The molecule has 3 heterocycles. The van der Waals surface area contributed by atoms with Gasteiger partial charge in [0.15, 0.2) is 11.4 Å². The van der Waals surface area contributed by atoms with E-state index in [0.29, 0.717) is 41.2 Å². The number of Topliss-reactive ketones (excluding diaryl/α,β-unsaturated/α-hetero) is 1. The Hall–Kier alpha value is -2.51. The number of pyridine rings is 2. The van der Waals surface area contributed by atoms with Gasteiger partial charge < -0.3 is 14.0 Å². The zero-order valence-corrected chi connectivity index (χ0v) is 15.6. The van der Waals surface area contributed by atoms with Gasteiger partial charge in [-0.1, -0.05) is 0 Å². The minimum atomic E-state index is 0.0697. The minimum Gasteiger partial charge on any atom is -0.455 e. The van der Waals surface area contributed by atoms with Crippen molar-refractivity contribution >= 4 is 28.5 Å². The van der Waals surface area contributed by atoms with Gasteiger partial charge in [0.25, 0.3) is 0 Å². The maximum Gasteiger partial charge on any atom is 0.205 e. The molecule has 0 aliphatic rings. The van der Waals surface area contributed by atoms with Gasteiger partial charge in [-0.3, -0.25) is 9.78 Å². The largest absolute Gasteiger partial charge is 0.455 e. The van der Waals surface area contributed by atoms with E-state index in [1.807, 2.05) is 14.0 Å². The number of ketones is 1. The number of aromatic nitrogens is 4. The third-order valence-electron chi connectivity index (χ3n) is 4.03. The highest BCUT2D eigenvalue weighted by Crippen LogP contribution is 2.30. The van der Waals surface area contributed by atoms with Crippen molar-refractivity contribution in [2.24, 2.45) is 7.05 Å². The maximum atomic E-state index is 11.9. The lowest BCUT2D eigenvalue weighted by Gasteiger charge is -2.10. The summed E-state index contributed by atoms with van der Waals surface area (Å²) in [5.41, 5.74) is 2.92. The zero-order valence-electron chi connectivity index (χ0n) is 14.8. The molecule has 0 fully saturated rings. The van der Waals surface area contributed by atoms with Crippen molar-refractivity contribution in [1.82, 2.24) is 19.5 Å². The topological polar surface area (TPSA) is 79.1 Å². The average Bonchev–Trinajstić information content (AvgIpc) is 2.91. The van der Waals surface area contributed by atoms with E-state index < -0.39 is 0 Å². The van der Waals surface area contributed by atoms with E-state index >= 15 is 0 Å². The smallest absolute Gasteiger partial charge is 0.205 e. The number of hydrogen-bond acceptors (Lipinski definition) is 6. The standard InChI is InChI=1S/C18H19ClN4O3/c1-11-15(10-21-17-16(11)23(2)18(19)22-17)26-14-4-6-20-12(9-14)8-13(24)5-7-25-3/h4,6,9-10H,5,7-8H2,1-3H3. The van der Waals surface area contributed by atoms with Crippen LogP contribution in [-0.2, 0) is 23.0 Å². The highest BCUT2D eigenvalue weighted by molar-refractivity contribution is 6.29. The van der Waals surface area contributed by atoms with E-state index in [9.17, 15) is 4.79 Å². The summed E-state index contributed by atoms with van der Waals surface area (Å²) in [6.45, 7) is 2.33. The Morgan fingerprint density at radius 1 is 1.35 bits per heavy atom. The number of methoxy groups -OCH3 is 1. The molecule has 26 heavy (non-hydrogen) atoms. The number of hydrogen-bond donors (Lipinski definition) is 0. The zero-order chi connectivity index (χ0) is 18.7. The number of carbonyl (C=O) groups excluding carboxylic acids is 1. The molecule has 0 atom stereocenters. The van der Waals surface area contributed by atoms with Crippen LogP contribution >= 0.6 is 11.6 Å². The summed E-state index contributed by atoms with van der Waals surface area (Å²) in [7, 11) is 3.40. The van der Waals surface area contributed by atoms with E-state index in [2.05, 4.69) is 15.0 Å². The summed E-state index contributed by atoms with van der Waals surface area (Å²) in [6.07, 6.45) is 3.85. The van der Waals surface area contributed by atoms with Gasteiger partial charge >= 0.3 is 0 Å². The van der Waals surface area contributed by atoms with Gasteiger partial charge in [-0.2, -0.15) is 4.98 Å². The van der Waals surface area contributed by atoms with Gasteiger partial charge in [0, 0.05) is 44.8 Å². The van der Waals surface area contributed by atoms with Crippen LogP contribution in [0, 0.1) is 6.92 Å². The summed E-state index contributed by atoms with van der Waals surface area (Å²) in [4.78, 5) is 24.6. The van der Waals surface area contributed by atoms with E-state index in [1.54, 1.807) is 36.2 Å². The molecule has 3 rings (SSSR count). The molecule has 7 nitrogen and oxygen atoms in total. The molecule has 0 spiro atoms. The van der Waals surface area contributed by atoms with Crippen molar-refractivity contribution in [2.75, 3.05) is 13.7 Å². The van der Waals surface area contributed by atoms with Crippen LogP contribution in [0.1, 0.15) is 17.7 Å². The van der Waals surface area contributed by atoms with Crippen molar-refractivity contribution in [3.05, 3.63) is 41.1 Å². The molecule has 0 saturated carbocycles. The van der Waals surface area contributed by atoms with Gasteiger partial charge in [0.2, 0.25) is 5.28 Å². The number of fused-ring (bicyclic) bond motifs is 1. The molecule has 0 aliphatic carbocycles. The van der Waals surface area contributed by atoms with Crippen LogP contribution in [-0.4, -0.2) is 39.0 Å². The lowest BCUT2D eigenvalue weighted by Crippen LogP contribution is -2.07. The van der Waals surface area contributed by atoms with Gasteiger partial charge in [-0.15, -0.1) is 0 Å². The van der Waals surface area contributed by atoms with E-state index in [0.717, 1.165) is 11.1 Å². The summed E-state index contributed by atoms with van der Waals surface area (Å²) < 4.78 is 12.6. The third kappa shape index (κ3) is 3.84. The number of rotatable bonds is 7. The molecular formula is C18H19ClN4O3. The fourth-order valence-corrected chi connectivity index (χ4v) is 2.82. The molecule has 0 N–H and O–H groups in total. The highest BCUT2D eigenvalue weighted by Gasteiger charge is 2.14. The van der Waals surface area contributed by atoms with Gasteiger partial charge in [0.1, 0.15) is 11.5 Å². The lowest BCUT2D eigenvalue weighted by atomic mass is 10.1. The summed E-state index contributed by atoms with van der Waals surface area (Å²) in [6, 6.07) is 3.49. The molecule has 3 aromatic heterocycles. The van der Waals surface area contributed by atoms with E-state index in [4.69, 9.17) is 21.1 Å². The summed E-state index contributed by atoms with van der Waals surface area (Å²) in [5.74, 6) is 1.26. The SMILES string of the molecule is COCCC(=O)Cc1cc(Oc2cnc3nc(Cl)n(C)c3c2C)ccn1. The van der Waals surface area contributed by atoms with Gasteiger partial charge in [-0.05, 0) is 24.6 Å². The number of aryl methyl sites for hydroxylation is 2. The molecule has 3 aromatic rings. The Kier molecular flexibility index (Phi) is 5.49. The first-order chi connectivity index (χ1) is 12.5. The van der Waals surface area contributed by atoms with Crippen molar-refractivity contribution in [1.29, 1.82) is 0 Å². The van der Waals surface area contributed by atoms with Crippen molar-refractivity contribution in [2.45, 2.75) is 19.8 Å². The Bertz CT molecular complexity index is 955. The quantitative estimate of drug-likeness (QED) is 0.631. The monoisotopic (exact) mass is 374 g/mol. The Labute approximate surface area is 155 Å². The minimum absolute atomic E-state index is 0.0697. The van der Waals surface area contributed by atoms with E-state index in [1.165, 1.54) is 0 Å². The molecule has 136 valence electrons. The average molecular weight is 375 g/mol. The van der Waals surface area contributed by atoms with Crippen LogP contribution in [0.4, 0.5) is 0 Å². The lowest BCUT2D eigenvalue weighted by molar-refractivity contribution is -0.119. The molecule has 8 heteroatoms. The normalized spacial score (nSPS) is 11.1.